The van der Waals surface area contributed by atoms with E-state index < -0.39 is 0 Å². The van der Waals surface area contributed by atoms with Crippen molar-refractivity contribution in [2.45, 2.75) is 13.8 Å². The first kappa shape index (κ1) is 38.5. The first-order valence-electron chi connectivity index (χ1n) is 18.1. The summed E-state index contributed by atoms with van der Waals surface area (Å²) in [4.78, 5) is 31.3. The fourth-order valence-electron chi connectivity index (χ4n) is 6.98. The number of nitrogens with zero attached hydrogens (tertiary/aromatic N) is 4. The zero-order chi connectivity index (χ0) is 37.7. The summed E-state index contributed by atoms with van der Waals surface area (Å²) >= 11 is 0. The van der Waals surface area contributed by atoms with Gasteiger partial charge in [-0.1, -0.05) is 146 Å². The molecule has 9 rings (SSSR count). The van der Waals surface area contributed by atoms with Crippen molar-refractivity contribution in [1.82, 2.24) is 19.9 Å². The van der Waals surface area contributed by atoms with E-state index in [1.165, 1.54) is 19.9 Å². The fraction of sp³-hybridized carbons (Fsp3) is 0.0408. The third-order valence-electron chi connectivity index (χ3n) is 9.27. The van der Waals surface area contributed by atoms with E-state index in [1.807, 2.05) is 24.3 Å². The molecule has 3 aromatic heterocycles. The van der Waals surface area contributed by atoms with Crippen LogP contribution in [0.3, 0.4) is 0 Å². The van der Waals surface area contributed by atoms with Crippen LogP contribution in [0.5, 0.6) is 0 Å². The van der Waals surface area contributed by atoms with E-state index >= 15 is 0 Å². The van der Waals surface area contributed by atoms with Crippen LogP contribution < -0.4 is 9.97 Å². The van der Waals surface area contributed by atoms with Crippen LogP contribution in [-0.4, -0.2) is 20.9 Å². The number of ketones is 1. The van der Waals surface area contributed by atoms with E-state index in [-0.39, 0.29) is 60.9 Å². The SMILES string of the molecule is C1=Cc2nc1c(-c1ccccc1)c1ccc([n-]1)c(-c1ccccc1)c1nc(c(-c3ccccc3)c3ccc([n-]3)c2-c2ccccc2)C=C1.CC(=O)/C=C(/C)O.[Eu+2]. The molecule has 56 heavy (non-hydrogen) atoms. The molecule has 2 aliphatic heterocycles. The van der Waals surface area contributed by atoms with Crippen LogP contribution in [0.4, 0.5) is 0 Å². The molecule has 0 fully saturated rings. The van der Waals surface area contributed by atoms with Crippen LogP contribution in [0.15, 0.2) is 157 Å². The first-order valence-corrected chi connectivity index (χ1v) is 18.1. The van der Waals surface area contributed by atoms with Gasteiger partial charge in [-0.05, 0) is 82.7 Å². The van der Waals surface area contributed by atoms with Gasteiger partial charge in [-0.25, -0.2) is 9.97 Å². The van der Waals surface area contributed by atoms with E-state index in [2.05, 4.69) is 146 Å². The molecule has 0 saturated carbocycles. The topological polar surface area (TPSA) is 91.3 Å². The Kier molecular flexibility index (Phi) is 12.0. The molecule has 7 aromatic rings. The van der Waals surface area contributed by atoms with Crippen LogP contribution in [0.2, 0.25) is 0 Å². The molecule has 5 heterocycles. The van der Waals surface area contributed by atoms with Crippen molar-refractivity contribution in [3.63, 3.8) is 0 Å². The number of benzene rings is 4. The Labute approximate surface area is 366 Å². The molecule has 0 spiro atoms. The molecule has 271 valence electrons. The normalized spacial score (nSPS) is 11.7. The van der Waals surface area contributed by atoms with Crippen molar-refractivity contribution in [3.05, 3.63) is 180 Å². The molecule has 0 amide bonds. The number of fused-ring (bicyclic) bond motifs is 8. The zero-order valence-electron chi connectivity index (χ0n) is 30.8. The number of carbonyl (C=O) groups excluding carboxylic acids is 1. The smallest absolute Gasteiger partial charge is 0.657 e. The van der Waals surface area contributed by atoms with Gasteiger partial charge in [-0.2, -0.15) is 0 Å². The number of rotatable bonds is 5. The molecule has 6 nitrogen and oxygen atoms in total. The van der Waals surface area contributed by atoms with Gasteiger partial charge in [0, 0.05) is 6.08 Å². The molecule has 8 bridgehead atoms. The molecular formula is C49H36EuN4O2. The van der Waals surface area contributed by atoms with E-state index in [4.69, 9.17) is 25.0 Å². The predicted octanol–water partition coefficient (Wildman–Crippen LogP) is 11.6. The molecule has 0 aliphatic carbocycles. The number of hydrogen-bond acceptors (Lipinski definition) is 4. The Morgan fingerprint density at radius 1 is 0.446 bits per heavy atom. The molecular weight excluding hydrogens is 829 g/mol. The van der Waals surface area contributed by atoms with Gasteiger partial charge in [0.15, 0.2) is 5.78 Å². The Hall–Kier alpha value is -5.73. The van der Waals surface area contributed by atoms with Gasteiger partial charge in [-0.15, -0.1) is 22.1 Å². The molecule has 7 heteroatoms. The molecule has 1 N–H and O–H groups in total. The van der Waals surface area contributed by atoms with Gasteiger partial charge < -0.3 is 15.1 Å². The van der Waals surface area contributed by atoms with Gasteiger partial charge in [0.1, 0.15) is 0 Å². The van der Waals surface area contributed by atoms with E-state index in [0.717, 1.165) is 89.4 Å². The second-order valence-electron chi connectivity index (χ2n) is 13.2. The summed E-state index contributed by atoms with van der Waals surface area (Å²) < 4.78 is 0. The van der Waals surface area contributed by atoms with Crippen LogP contribution in [0, 0.1) is 49.4 Å². The van der Waals surface area contributed by atoms with Crippen LogP contribution in [0.1, 0.15) is 36.6 Å². The van der Waals surface area contributed by atoms with Crippen molar-refractivity contribution >= 4 is 52.2 Å². The number of aliphatic hydroxyl groups is 1. The summed E-state index contributed by atoms with van der Waals surface area (Å²) in [5.74, 6) is -0.0625. The minimum Gasteiger partial charge on any atom is -0.657 e. The van der Waals surface area contributed by atoms with Crippen molar-refractivity contribution in [2.75, 3.05) is 0 Å². The second kappa shape index (κ2) is 17.4. The standard InChI is InChI=1S/C44H28N4.C5H8O2.Eu/c1-5-13-29(14-6-1)41-33-21-23-35(45-33)42(30-15-7-2-8-16-30)37-25-27-39(47-37)44(32-19-11-4-12-20-32)40-28-26-38(48-40)43(31-17-9-3-10-18-31)36-24-22-34(41)46-36;1-4(6)3-5(2)7;/h1-28H;3,6H,1-2H3;/q-2;;+2/b;4-3-;. The summed E-state index contributed by atoms with van der Waals surface area (Å²) in [6.45, 7) is 2.85. The van der Waals surface area contributed by atoms with Crippen molar-refractivity contribution < 1.29 is 59.3 Å². The number of aromatic nitrogens is 4. The minimum atomic E-state index is -0.125. The minimum absolute atomic E-state index is 0. The largest absolute Gasteiger partial charge is 2.00 e. The number of carbonyl (C=O) groups is 1. The monoisotopic (exact) mass is 865 g/mol. The average molecular weight is 865 g/mol. The second-order valence-corrected chi connectivity index (χ2v) is 13.2. The van der Waals surface area contributed by atoms with Gasteiger partial charge >= 0.3 is 49.4 Å². The van der Waals surface area contributed by atoms with Gasteiger partial charge in [0.2, 0.25) is 0 Å². The molecule has 0 atom stereocenters. The first-order chi connectivity index (χ1) is 26.9. The van der Waals surface area contributed by atoms with Gasteiger partial charge in [-0.3, -0.25) is 4.79 Å². The zero-order valence-corrected chi connectivity index (χ0v) is 33.2. The van der Waals surface area contributed by atoms with E-state index in [1.54, 1.807) is 0 Å². The number of hydrogen-bond donors (Lipinski definition) is 1. The molecule has 1 radical (unpaired) electrons. The Balaban J connectivity index is 0.000000552. The third kappa shape index (κ3) is 8.26. The maximum absolute atomic E-state index is 10.0. The summed E-state index contributed by atoms with van der Waals surface area (Å²) in [6.07, 6.45) is 9.57. The van der Waals surface area contributed by atoms with Crippen LogP contribution in [-0.2, 0) is 4.79 Å². The van der Waals surface area contributed by atoms with Crippen molar-refractivity contribution in [1.29, 1.82) is 0 Å². The Bertz CT molecular complexity index is 2430. The Morgan fingerprint density at radius 3 is 0.893 bits per heavy atom. The maximum atomic E-state index is 10.0. The van der Waals surface area contributed by atoms with Crippen molar-refractivity contribution in [3.8, 4) is 44.5 Å². The van der Waals surface area contributed by atoms with E-state index in [0.29, 0.717) is 0 Å². The van der Waals surface area contributed by atoms with Gasteiger partial charge in [0.05, 0.1) is 28.5 Å². The summed E-state index contributed by atoms with van der Waals surface area (Å²) in [5, 5.41) is 8.36. The molecule has 2 aliphatic rings. The summed E-state index contributed by atoms with van der Waals surface area (Å²) in [7, 11) is 0. The summed E-state index contributed by atoms with van der Waals surface area (Å²) in [5.41, 5.74) is 15.0. The molecule has 0 saturated heterocycles. The third-order valence-corrected chi connectivity index (χ3v) is 9.27. The van der Waals surface area contributed by atoms with Crippen LogP contribution >= 0.6 is 0 Å². The van der Waals surface area contributed by atoms with Crippen molar-refractivity contribution in [2.24, 2.45) is 0 Å². The average Bonchev–Trinajstić information content (AvgIpc) is 4.04. The Morgan fingerprint density at radius 2 is 0.696 bits per heavy atom. The number of aliphatic hydroxyl groups excluding tert-OH is 1. The summed E-state index contributed by atoms with van der Waals surface area (Å²) in [6, 6.07) is 50.0. The fourth-order valence-corrected chi connectivity index (χ4v) is 6.98. The van der Waals surface area contributed by atoms with Gasteiger partial charge in [0.25, 0.3) is 0 Å². The predicted molar refractivity (Wildman–Crippen MR) is 226 cm³/mol. The van der Waals surface area contributed by atoms with E-state index in [9.17, 15) is 4.79 Å². The quantitative estimate of drug-likeness (QED) is 0.137. The van der Waals surface area contributed by atoms with Crippen LogP contribution in [0.25, 0.3) is 90.9 Å². The molecule has 4 aromatic carbocycles. The molecule has 0 unspecified atom stereocenters. The maximum Gasteiger partial charge on any atom is 2.00 e. The number of allylic oxidation sites excluding steroid dienone is 2.